The van der Waals surface area contributed by atoms with Gasteiger partial charge in [-0.25, -0.2) is 14.4 Å². The van der Waals surface area contributed by atoms with Crippen LogP contribution in [0, 0.1) is 5.82 Å². The Morgan fingerprint density at radius 1 is 1.19 bits per heavy atom. The van der Waals surface area contributed by atoms with E-state index in [0.717, 1.165) is 21.8 Å². The zero-order chi connectivity index (χ0) is 21.8. The van der Waals surface area contributed by atoms with E-state index in [4.69, 9.17) is 0 Å². The van der Waals surface area contributed by atoms with Crippen LogP contribution in [-0.2, 0) is 16.1 Å². The number of hydrogen-bond donors (Lipinski definition) is 1. The summed E-state index contributed by atoms with van der Waals surface area (Å²) in [6.45, 7) is 2.05. The Labute approximate surface area is 182 Å². The molecule has 2 amide bonds. The summed E-state index contributed by atoms with van der Waals surface area (Å²) in [5, 5.41) is 11.1. The number of aromatic nitrogens is 2. The van der Waals surface area contributed by atoms with E-state index < -0.39 is 0 Å². The average Bonchev–Trinajstić information content (AvgIpc) is 3.28. The predicted octanol–water partition coefficient (Wildman–Crippen LogP) is 3.70. The van der Waals surface area contributed by atoms with Gasteiger partial charge in [0.15, 0.2) is 0 Å². The highest BCUT2D eigenvalue weighted by Crippen LogP contribution is 2.25. The minimum Gasteiger partial charge on any atom is -0.342 e. The van der Waals surface area contributed by atoms with Crippen molar-refractivity contribution in [1.29, 1.82) is 0 Å². The van der Waals surface area contributed by atoms with Crippen LogP contribution in [0.2, 0.25) is 0 Å². The van der Waals surface area contributed by atoms with E-state index in [1.165, 1.54) is 28.5 Å². The molecule has 3 aromatic rings. The molecule has 0 radical (unpaired) electrons. The van der Waals surface area contributed by atoms with Gasteiger partial charge in [-0.2, -0.15) is 5.10 Å². The van der Waals surface area contributed by atoms with Gasteiger partial charge < -0.3 is 5.32 Å². The van der Waals surface area contributed by atoms with Gasteiger partial charge in [0.25, 0.3) is 5.91 Å². The van der Waals surface area contributed by atoms with Gasteiger partial charge in [0, 0.05) is 36.2 Å². The summed E-state index contributed by atoms with van der Waals surface area (Å²) in [7, 11) is 0. The molecule has 158 valence electrons. The lowest BCUT2D eigenvalue weighted by Gasteiger charge is -2.23. The molecule has 1 aromatic carbocycles. The second-order valence-corrected chi connectivity index (χ2v) is 8.02. The van der Waals surface area contributed by atoms with Crippen molar-refractivity contribution in [2.24, 2.45) is 5.10 Å². The van der Waals surface area contributed by atoms with Crippen LogP contribution in [0.15, 0.2) is 59.3 Å². The standard InChI is InChI=1S/C22H20FN5O2S/c1-14(22-26-19(13-31-22)16-8-10-24-11-9-16)25-21(30)18-6-7-20(29)28(27-18)12-15-2-4-17(23)5-3-15/h2-5,8-11,13-14H,6-7,12H2,1H3,(H,25,30). The van der Waals surface area contributed by atoms with Crippen LogP contribution in [0.3, 0.4) is 0 Å². The number of rotatable bonds is 6. The molecule has 0 saturated carbocycles. The van der Waals surface area contributed by atoms with Crippen LogP contribution in [-0.4, -0.2) is 32.5 Å². The van der Waals surface area contributed by atoms with Gasteiger partial charge in [0.1, 0.15) is 16.5 Å². The molecule has 0 bridgehead atoms. The summed E-state index contributed by atoms with van der Waals surface area (Å²) in [6, 6.07) is 9.30. The molecule has 2 aromatic heterocycles. The zero-order valence-corrected chi connectivity index (χ0v) is 17.6. The number of nitrogens with one attached hydrogen (secondary N) is 1. The molecule has 1 atom stereocenters. The van der Waals surface area contributed by atoms with Crippen LogP contribution >= 0.6 is 11.3 Å². The molecule has 1 aliphatic rings. The van der Waals surface area contributed by atoms with Crippen molar-refractivity contribution in [3.63, 3.8) is 0 Å². The largest absolute Gasteiger partial charge is 0.342 e. The van der Waals surface area contributed by atoms with E-state index in [0.29, 0.717) is 5.71 Å². The number of nitrogens with zero attached hydrogens (tertiary/aromatic N) is 4. The minimum absolute atomic E-state index is 0.171. The van der Waals surface area contributed by atoms with Crippen molar-refractivity contribution in [3.05, 3.63) is 70.6 Å². The Bertz CT molecular complexity index is 1110. The van der Waals surface area contributed by atoms with Crippen molar-refractivity contribution >= 4 is 28.9 Å². The van der Waals surface area contributed by atoms with Gasteiger partial charge in [-0.15, -0.1) is 11.3 Å². The van der Waals surface area contributed by atoms with Gasteiger partial charge in [-0.3, -0.25) is 14.6 Å². The molecule has 4 rings (SSSR count). The molecule has 1 unspecified atom stereocenters. The first-order valence-corrected chi connectivity index (χ1v) is 10.7. The highest BCUT2D eigenvalue weighted by atomic mass is 32.1. The lowest BCUT2D eigenvalue weighted by molar-refractivity contribution is -0.132. The Morgan fingerprint density at radius 3 is 2.68 bits per heavy atom. The molecular weight excluding hydrogens is 417 g/mol. The molecule has 0 saturated heterocycles. The van der Waals surface area contributed by atoms with Gasteiger partial charge in [-0.1, -0.05) is 12.1 Å². The van der Waals surface area contributed by atoms with E-state index >= 15 is 0 Å². The van der Waals surface area contributed by atoms with E-state index in [1.54, 1.807) is 24.5 Å². The summed E-state index contributed by atoms with van der Waals surface area (Å²) in [5.74, 6) is -0.846. The Balaban J connectivity index is 1.43. The topological polar surface area (TPSA) is 87.5 Å². The van der Waals surface area contributed by atoms with E-state index in [1.807, 2.05) is 24.4 Å². The van der Waals surface area contributed by atoms with Crippen LogP contribution in [0.5, 0.6) is 0 Å². The summed E-state index contributed by atoms with van der Waals surface area (Å²) >= 11 is 1.46. The highest BCUT2D eigenvalue weighted by Gasteiger charge is 2.26. The first-order valence-electron chi connectivity index (χ1n) is 9.78. The fourth-order valence-electron chi connectivity index (χ4n) is 3.13. The first kappa shape index (κ1) is 20.8. The molecule has 3 heterocycles. The minimum atomic E-state index is -0.347. The second kappa shape index (κ2) is 9.13. The number of hydrogen-bond acceptors (Lipinski definition) is 6. The van der Waals surface area contributed by atoms with Crippen molar-refractivity contribution < 1.29 is 14.0 Å². The quantitative estimate of drug-likeness (QED) is 0.637. The molecule has 1 N–H and O–H groups in total. The monoisotopic (exact) mass is 437 g/mol. The molecule has 9 heteroatoms. The second-order valence-electron chi connectivity index (χ2n) is 7.13. The molecule has 0 aliphatic carbocycles. The van der Waals surface area contributed by atoms with Crippen LogP contribution in [0.1, 0.15) is 36.4 Å². The number of thiazole rings is 1. The third-order valence-electron chi connectivity index (χ3n) is 4.83. The third-order valence-corrected chi connectivity index (χ3v) is 5.86. The lowest BCUT2D eigenvalue weighted by atomic mass is 10.1. The fraction of sp³-hybridized carbons (Fsp3) is 0.227. The SMILES string of the molecule is CC(NC(=O)C1=NN(Cc2ccc(F)cc2)C(=O)CC1)c1nc(-c2ccncc2)cs1. The molecular formula is C22H20FN5O2S. The maximum Gasteiger partial charge on any atom is 0.268 e. The summed E-state index contributed by atoms with van der Waals surface area (Å²) in [5.41, 5.74) is 2.82. The van der Waals surface area contributed by atoms with Crippen LogP contribution in [0.4, 0.5) is 4.39 Å². The maximum absolute atomic E-state index is 13.1. The fourth-order valence-corrected chi connectivity index (χ4v) is 3.97. The van der Waals surface area contributed by atoms with Gasteiger partial charge in [-0.05, 0) is 36.8 Å². The van der Waals surface area contributed by atoms with Gasteiger partial charge in [0.05, 0.1) is 18.3 Å². The summed E-state index contributed by atoms with van der Waals surface area (Å²) < 4.78 is 13.1. The van der Waals surface area contributed by atoms with E-state index in [9.17, 15) is 14.0 Å². The maximum atomic E-state index is 13.1. The van der Waals surface area contributed by atoms with Crippen molar-refractivity contribution in [3.8, 4) is 11.3 Å². The first-order chi connectivity index (χ1) is 15.0. The smallest absolute Gasteiger partial charge is 0.268 e. The Kier molecular flexibility index (Phi) is 6.13. The number of benzene rings is 1. The normalized spacial score (nSPS) is 14.8. The molecule has 0 fully saturated rings. The van der Waals surface area contributed by atoms with Gasteiger partial charge in [0.2, 0.25) is 5.91 Å². The Hall–Kier alpha value is -3.46. The number of halogens is 1. The summed E-state index contributed by atoms with van der Waals surface area (Å²) in [4.78, 5) is 33.6. The van der Waals surface area contributed by atoms with Crippen LogP contribution in [0.25, 0.3) is 11.3 Å². The van der Waals surface area contributed by atoms with Crippen LogP contribution < -0.4 is 5.32 Å². The van der Waals surface area contributed by atoms with Gasteiger partial charge >= 0.3 is 0 Å². The highest BCUT2D eigenvalue weighted by molar-refractivity contribution is 7.10. The molecule has 7 nitrogen and oxygen atoms in total. The van der Waals surface area contributed by atoms with E-state index in [2.05, 4.69) is 20.4 Å². The zero-order valence-electron chi connectivity index (χ0n) is 16.8. The van der Waals surface area contributed by atoms with Crippen molar-refractivity contribution in [2.45, 2.75) is 32.4 Å². The number of pyridine rings is 1. The van der Waals surface area contributed by atoms with Crippen molar-refractivity contribution in [2.75, 3.05) is 0 Å². The summed E-state index contributed by atoms with van der Waals surface area (Å²) in [6.07, 6.45) is 3.89. The number of carbonyl (C=O) groups is 2. The third kappa shape index (κ3) is 5.00. The molecule has 0 spiro atoms. The predicted molar refractivity (Wildman–Crippen MR) is 116 cm³/mol. The van der Waals surface area contributed by atoms with Crippen molar-refractivity contribution in [1.82, 2.24) is 20.3 Å². The van der Waals surface area contributed by atoms with E-state index in [-0.39, 0.29) is 43.1 Å². The molecule has 1 aliphatic heterocycles. The molecule has 31 heavy (non-hydrogen) atoms. The Morgan fingerprint density at radius 2 is 1.94 bits per heavy atom. The average molecular weight is 438 g/mol. The number of amides is 2. The number of hydrazone groups is 1. The number of carbonyl (C=O) groups excluding carboxylic acids is 2. The lowest BCUT2D eigenvalue weighted by Crippen LogP contribution is -2.39.